The van der Waals surface area contributed by atoms with E-state index in [0.29, 0.717) is 12.8 Å². The predicted molar refractivity (Wildman–Crippen MR) is 122 cm³/mol. The maximum atomic E-state index is 11.7. The zero-order valence-corrected chi connectivity index (χ0v) is 19.0. The van der Waals surface area contributed by atoms with Crippen LogP contribution in [-0.2, 0) is 28.9 Å². The summed E-state index contributed by atoms with van der Waals surface area (Å²) in [6, 6.07) is 10.4. The number of hydrogen-bond donors (Lipinski definition) is 2. The van der Waals surface area contributed by atoms with Crippen LogP contribution in [0.3, 0.4) is 0 Å². The van der Waals surface area contributed by atoms with Gasteiger partial charge in [0.2, 0.25) is 0 Å². The Morgan fingerprint density at radius 1 is 1.16 bits per heavy atom. The van der Waals surface area contributed by atoms with E-state index in [1.54, 1.807) is 0 Å². The van der Waals surface area contributed by atoms with E-state index < -0.39 is 6.10 Å². The summed E-state index contributed by atoms with van der Waals surface area (Å²) in [4.78, 5) is 11.7. The van der Waals surface area contributed by atoms with Crippen LogP contribution in [0.4, 0.5) is 5.69 Å². The van der Waals surface area contributed by atoms with E-state index in [1.807, 2.05) is 6.07 Å². The summed E-state index contributed by atoms with van der Waals surface area (Å²) in [5.41, 5.74) is 7.05. The van der Waals surface area contributed by atoms with Crippen LogP contribution in [0.25, 0.3) is 0 Å². The second kappa shape index (κ2) is 8.54. The van der Waals surface area contributed by atoms with Crippen molar-refractivity contribution in [2.75, 3.05) is 5.32 Å². The molecule has 2 aromatic carbocycles. The molecule has 0 amide bonds. The molecular formula is C26H33NO4. The van der Waals surface area contributed by atoms with Gasteiger partial charge >= 0.3 is 5.97 Å². The van der Waals surface area contributed by atoms with Crippen molar-refractivity contribution < 1.29 is 19.4 Å². The average molecular weight is 424 g/mol. The molecule has 0 bridgehead atoms. The molecule has 4 rings (SSSR count). The van der Waals surface area contributed by atoms with Crippen molar-refractivity contribution in [1.29, 1.82) is 0 Å². The molecule has 2 N–H and O–H groups in total. The first kappa shape index (κ1) is 21.7. The third kappa shape index (κ3) is 4.72. The van der Waals surface area contributed by atoms with E-state index in [4.69, 9.17) is 9.47 Å². The van der Waals surface area contributed by atoms with Crippen molar-refractivity contribution in [2.24, 2.45) is 0 Å². The Balaban J connectivity index is 1.62. The first-order valence-electron chi connectivity index (χ1n) is 11.2. The first-order valence-corrected chi connectivity index (χ1v) is 11.2. The van der Waals surface area contributed by atoms with Crippen molar-refractivity contribution in [1.82, 2.24) is 0 Å². The molecule has 1 saturated heterocycles. The minimum absolute atomic E-state index is 0.0975. The van der Waals surface area contributed by atoms with Gasteiger partial charge in [-0.1, -0.05) is 30.3 Å². The predicted octanol–water partition coefficient (Wildman–Crippen LogP) is 4.63. The second-order valence-electron chi connectivity index (χ2n) is 9.53. The Labute approximate surface area is 184 Å². The molecule has 2 atom stereocenters. The molecule has 166 valence electrons. The Morgan fingerprint density at radius 3 is 2.61 bits per heavy atom. The van der Waals surface area contributed by atoms with Gasteiger partial charge in [0.25, 0.3) is 0 Å². The summed E-state index contributed by atoms with van der Waals surface area (Å²) in [7, 11) is 0. The Hall–Kier alpha value is -2.53. The maximum Gasteiger partial charge on any atom is 0.308 e. The number of nitrogens with one attached hydrogen (secondary N) is 1. The number of esters is 1. The van der Waals surface area contributed by atoms with Crippen molar-refractivity contribution in [3.8, 4) is 5.75 Å². The number of fused-ring (bicyclic) bond motifs is 1. The number of aliphatic hydroxyl groups excluding tert-OH is 1. The molecule has 0 aromatic heterocycles. The summed E-state index contributed by atoms with van der Waals surface area (Å²) < 4.78 is 11.9. The van der Waals surface area contributed by atoms with Crippen LogP contribution in [0.2, 0.25) is 0 Å². The van der Waals surface area contributed by atoms with E-state index in [2.05, 4.69) is 57.3 Å². The Bertz CT molecular complexity index is 967. The number of anilines is 1. The number of benzene rings is 2. The third-order valence-corrected chi connectivity index (χ3v) is 6.45. The number of rotatable bonds is 6. The summed E-state index contributed by atoms with van der Waals surface area (Å²) in [6.07, 6.45) is 2.05. The van der Waals surface area contributed by atoms with Crippen molar-refractivity contribution in [3.63, 3.8) is 0 Å². The van der Waals surface area contributed by atoms with E-state index in [1.165, 1.54) is 33.5 Å². The molecule has 31 heavy (non-hydrogen) atoms. The van der Waals surface area contributed by atoms with Gasteiger partial charge in [-0.05, 0) is 62.8 Å². The molecule has 2 aromatic rings. The number of carbonyl (C=O) groups excluding carboxylic acids is 1. The molecular weight excluding hydrogens is 390 g/mol. The zero-order chi connectivity index (χ0) is 22.2. The molecule has 0 saturated carbocycles. The average Bonchev–Trinajstić information content (AvgIpc) is 3.03. The molecule has 2 aliphatic rings. The zero-order valence-electron chi connectivity index (χ0n) is 19.0. The van der Waals surface area contributed by atoms with Crippen molar-refractivity contribution >= 4 is 11.7 Å². The number of carbonyl (C=O) groups is 1. The van der Waals surface area contributed by atoms with Gasteiger partial charge in [-0.3, -0.25) is 4.79 Å². The topological polar surface area (TPSA) is 67.8 Å². The van der Waals surface area contributed by atoms with Crippen LogP contribution < -0.4 is 10.1 Å². The SMILES string of the molecule is Cc1c(CCC2CC(O)CC(=O)O2)c2c(c(C)c1NCc1ccccc1)CC(C)(C)O2. The van der Waals surface area contributed by atoms with Gasteiger partial charge in [-0.15, -0.1) is 0 Å². The highest BCUT2D eigenvalue weighted by Crippen LogP contribution is 2.45. The monoisotopic (exact) mass is 423 g/mol. The van der Waals surface area contributed by atoms with Gasteiger partial charge in [0.05, 0.1) is 12.5 Å². The van der Waals surface area contributed by atoms with Crippen LogP contribution >= 0.6 is 0 Å². The van der Waals surface area contributed by atoms with Crippen LogP contribution in [-0.4, -0.2) is 28.9 Å². The number of ether oxygens (including phenoxy) is 2. The lowest BCUT2D eigenvalue weighted by molar-refractivity contribution is -0.160. The molecule has 2 unspecified atom stereocenters. The van der Waals surface area contributed by atoms with Gasteiger partial charge in [0, 0.05) is 30.6 Å². The number of aliphatic hydroxyl groups is 1. The largest absolute Gasteiger partial charge is 0.487 e. The number of hydrogen-bond acceptors (Lipinski definition) is 5. The fraction of sp³-hybridized carbons (Fsp3) is 0.500. The van der Waals surface area contributed by atoms with Crippen LogP contribution in [0.15, 0.2) is 30.3 Å². The normalized spacial score (nSPS) is 21.9. The highest BCUT2D eigenvalue weighted by molar-refractivity contribution is 5.71. The van der Waals surface area contributed by atoms with E-state index >= 15 is 0 Å². The molecule has 5 nitrogen and oxygen atoms in total. The molecule has 0 aliphatic carbocycles. The molecule has 2 aliphatic heterocycles. The van der Waals surface area contributed by atoms with Gasteiger partial charge in [-0.25, -0.2) is 0 Å². The van der Waals surface area contributed by atoms with Crippen LogP contribution in [0, 0.1) is 13.8 Å². The highest BCUT2D eigenvalue weighted by atomic mass is 16.5. The second-order valence-corrected chi connectivity index (χ2v) is 9.53. The summed E-state index contributed by atoms with van der Waals surface area (Å²) >= 11 is 0. The lowest BCUT2D eigenvalue weighted by Gasteiger charge is -2.27. The van der Waals surface area contributed by atoms with E-state index in [0.717, 1.165) is 25.1 Å². The quantitative estimate of drug-likeness (QED) is 0.663. The molecule has 5 heteroatoms. The van der Waals surface area contributed by atoms with Gasteiger partial charge < -0.3 is 19.9 Å². The molecule has 2 heterocycles. The highest BCUT2D eigenvalue weighted by Gasteiger charge is 2.36. The van der Waals surface area contributed by atoms with Gasteiger partial charge in [-0.2, -0.15) is 0 Å². The lowest BCUT2D eigenvalue weighted by Crippen LogP contribution is -2.32. The van der Waals surface area contributed by atoms with Gasteiger partial charge in [0.15, 0.2) is 0 Å². The van der Waals surface area contributed by atoms with Gasteiger partial charge in [0.1, 0.15) is 17.5 Å². The van der Waals surface area contributed by atoms with Crippen molar-refractivity contribution in [3.05, 3.63) is 58.1 Å². The molecule has 0 radical (unpaired) electrons. The van der Waals surface area contributed by atoms with Crippen LogP contribution in [0.5, 0.6) is 5.75 Å². The maximum absolute atomic E-state index is 11.7. The summed E-state index contributed by atoms with van der Waals surface area (Å²) in [5.74, 6) is 0.685. The molecule has 0 spiro atoms. The third-order valence-electron chi connectivity index (χ3n) is 6.45. The number of cyclic esters (lactones) is 1. The minimum Gasteiger partial charge on any atom is -0.487 e. The van der Waals surface area contributed by atoms with E-state index in [9.17, 15) is 9.90 Å². The first-order chi connectivity index (χ1) is 14.7. The standard InChI is InChI=1S/C26H33NO4/c1-16-21(11-10-20-12-19(28)13-23(29)30-20)25-22(14-26(3,4)31-25)17(2)24(16)27-15-18-8-6-5-7-9-18/h5-9,19-20,27-28H,10-15H2,1-4H3. The minimum atomic E-state index is -0.602. The fourth-order valence-corrected chi connectivity index (χ4v) is 4.88. The smallest absolute Gasteiger partial charge is 0.308 e. The fourth-order valence-electron chi connectivity index (χ4n) is 4.88. The van der Waals surface area contributed by atoms with Crippen LogP contribution in [0.1, 0.15) is 60.9 Å². The summed E-state index contributed by atoms with van der Waals surface area (Å²) in [5, 5.41) is 13.6. The Kier molecular flexibility index (Phi) is 5.98. The van der Waals surface area contributed by atoms with E-state index in [-0.39, 0.29) is 24.1 Å². The summed E-state index contributed by atoms with van der Waals surface area (Å²) in [6.45, 7) is 9.33. The van der Waals surface area contributed by atoms with Crippen molar-refractivity contribution in [2.45, 2.75) is 84.2 Å². The molecule has 1 fully saturated rings. The lowest BCUT2D eigenvalue weighted by atomic mass is 9.89. The Morgan fingerprint density at radius 2 is 1.90 bits per heavy atom.